The summed E-state index contributed by atoms with van der Waals surface area (Å²) in [5.74, 6) is 0.0403. The number of fused-ring (bicyclic) bond motifs is 1. The third kappa shape index (κ3) is 4.96. The van der Waals surface area contributed by atoms with Crippen LogP contribution in [0.15, 0.2) is 48.9 Å². The molecule has 2 N–H and O–H groups in total. The fourth-order valence-corrected chi connectivity index (χ4v) is 4.95. The lowest BCUT2D eigenvalue weighted by Crippen LogP contribution is -2.26. The van der Waals surface area contributed by atoms with Crippen molar-refractivity contribution in [2.24, 2.45) is 5.92 Å². The van der Waals surface area contributed by atoms with Crippen LogP contribution in [0.3, 0.4) is 0 Å². The third-order valence-corrected chi connectivity index (χ3v) is 6.93. The summed E-state index contributed by atoms with van der Waals surface area (Å²) in [4.78, 5) is 19.3. The molecular weight excluding hydrogens is 488 g/mol. The number of aliphatic hydroxyl groups is 1. The smallest absolute Gasteiger partial charge is 0.229 e. The van der Waals surface area contributed by atoms with Crippen molar-refractivity contribution in [3.63, 3.8) is 0 Å². The first kappa shape index (κ1) is 25.7. The van der Waals surface area contributed by atoms with Gasteiger partial charge in [-0.25, -0.2) is 28.7 Å². The monoisotopic (exact) mass is 519 g/mol. The number of nitrogens with one attached hydrogen (secondary N) is 1. The zero-order chi connectivity index (χ0) is 27.0. The molecule has 2 atom stereocenters. The summed E-state index contributed by atoms with van der Waals surface area (Å²) in [6.45, 7) is 9.73. The number of aryl methyl sites for hydroxylation is 1. The van der Waals surface area contributed by atoms with Crippen molar-refractivity contribution in [2.75, 3.05) is 18.4 Å². The summed E-state index contributed by atoms with van der Waals surface area (Å²) >= 11 is 0. The van der Waals surface area contributed by atoms with E-state index in [4.69, 9.17) is 0 Å². The number of anilines is 2. The number of aliphatic hydroxyl groups excluding tert-OH is 1. The Bertz CT molecular complexity index is 1480. The molecule has 0 bridgehead atoms. The summed E-state index contributed by atoms with van der Waals surface area (Å²) < 4.78 is 31.7. The van der Waals surface area contributed by atoms with Gasteiger partial charge in [0, 0.05) is 36.8 Å². The summed E-state index contributed by atoms with van der Waals surface area (Å²) in [7, 11) is 0. The van der Waals surface area contributed by atoms with Crippen LogP contribution in [-0.4, -0.2) is 47.6 Å². The second-order valence-corrected chi connectivity index (χ2v) is 9.81. The fraction of sp³-hybridized carbons (Fsp3) is 0.357. The van der Waals surface area contributed by atoms with Gasteiger partial charge < -0.3 is 19.9 Å². The molecule has 0 fully saturated rings. The topological polar surface area (TPSA) is 92.0 Å². The van der Waals surface area contributed by atoms with E-state index in [-0.39, 0.29) is 34.7 Å². The van der Waals surface area contributed by atoms with Crippen molar-refractivity contribution >= 4 is 22.8 Å². The van der Waals surface area contributed by atoms with Crippen LogP contribution in [-0.2, 0) is 0 Å². The molecule has 4 heterocycles. The number of hydrogen-bond acceptors (Lipinski definition) is 7. The Morgan fingerprint density at radius 3 is 2.58 bits per heavy atom. The van der Waals surface area contributed by atoms with Crippen LogP contribution in [0.1, 0.15) is 50.7 Å². The van der Waals surface area contributed by atoms with Crippen LogP contribution in [0.25, 0.3) is 22.3 Å². The maximum atomic E-state index is 14.9. The maximum Gasteiger partial charge on any atom is 0.229 e. The minimum Gasteiger partial charge on any atom is -0.388 e. The lowest BCUT2D eigenvalue weighted by Gasteiger charge is -2.29. The second kappa shape index (κ2) is 10.4. The van der Waals surface area contributed by atoms with Crippen LogP contribution in [0, 0.1) is 24.5 Å². The summed E-state index contributed by atoms with van der Waals surface area (Å²) in [5, 5.41) is 13.8. The minimum atomic E-state index is -0.671. The average molecular weight is 520 g/mol. The second-order valence-electron chi connectivity index (χ2n) is 9.81. The van der Waals surface area contributed by atoms with Gasteiger partial charge in [0.25, 0.3) is 0 Å². The van der Waals surface area contributed by atoms with E-state index in [0.29, 0.717) is 22.7 Å². The molecule has 1 aromatic carbocycles. The first-order valence-corrected chi connectivity index (χ1v) is 12.8. The molecule has 198 valence electrons. The van der Waals surface area contributed by atoms with Crippen molar-refractivity contribution < 1.29 is 13.9 Å². The minimum absolute atomic E-state index is 0.0231. The molecule has 1 aliphatic heterocycles. The molecule has 0 saturated carbocycles. The Morgan fingerprint density at radius 2 is 1.92 bits per heavy atom. The van der Waals surface area contributed by atoms with Gasteiger partial charge in [0.1, 0.15) is 22.9 Å². The van der Waals surface area contributed by atoms with Crippen LogP contribution >= 0.6 is 0 Å². The summed E-state index contributed by atoms with van der Waals surface area (Å²) in [6, 6.07) is 6.49. The van der Waals surface area contributed by atoms with Gasteiger partial charge in [0.05, 0.1) is 17.8 Å². The third-order valence-electron chi connectivity index (χ3n) is 6.93. The standard InChI is InChI=1S/C28H31F2N7O/c1-5-36-10-8-18(9-11-36)27(38)19-6-7-24(31-14-19)34-28-32-15-22(30)25(35-28)20-12-21(29)26-23(13-20)37(16(2)3)17(4)33-26/h6-8,10,12-16,18,27,38H,5,9,11H2,1-4H3,(H,31,32,34,35). The summed E-state index contributed by atoms with van der Waals surface area (Å²) in [5.41, 5.74) is 1.77. The van der Waals surface area contributed by atoms with E-state index < -0.39 is 17.7 Å². The van der Waals surface area contributed by atoms with Crippen LogP contribution < -0.4 is 5.32 Å². The molecular formula is C28H31F2N7O. The molecule has 38 heavy (non-hydrogen) atoms. The molecule has 5 rings (SSSR count). The number of nitrogens with zero attached hydrogens (tertiary/aromatic N) is 6. The van der Waals surface area contributed by atoms with Gasteiger partial charge in [-0.05, 0) is 64.1 Å². The highest BCUT2D eigenvalue weighted by Gasteiger charge is 2.22. The van der Waals surface area contributed by atoms with Crippen molar-refractivity contribution in [3.8, 4) is 11.3 Å². The number of benzene rings is 1. The lowest BCUT2D eigenvalue weighted by atomic mass is 9.92. The van der Waals surface area contributed by atoms with Gasteiger partial charge in [-0.15, -0.1) is 0 Å². The van der Waals surface area contributed by atoms with E-state index in [2.05, 4.69) is 37.1 Å². The van der Waals surface area contributed by atoms with E-state index in [9.17, 15) is 13.9 Å². The van der Waals surface area contributed by atoms with E-state index in [1.807, 2.05) is 37.6 Å². The van der Waals surface area contributed by atoms with Crippen molar-refractivity contribution in [2.45, 2.75) is 46.3 Å². The molecule has 0 radical (unpaired) electrons. The van der Waals surface area contributed by atoms with Gasteiger partial charge in [0.2, 0.25) is 5.95 Å². The number of imidazole rings is 1. The highest BCUT2D eigenvalue weighted by molar-refractivity contribution is 5.83. The van der Waals surface area contributed by atoms with Crippen LogP contribution in [0.4, 0.5) is 20.5 Å². The zero-order valence-electron chi connectivity index (χ0n) is 21.9. The van der Waals surface area contributed by atoms with Gasteiger partial charge >= 0.3 is 0 Å². The Balaban J connectivity index is 1.38. The molecule has 3 aromatic heterocycles. The highest BCUT2D eigenvalue weighted by Crippen LogP contribution is 2.31. The number of aromatic nitrogens is 5. The number of rotatable bonds is 7. The van der Waals surface area contributed by atoms with Gasteiger partial charge in [-0.1, -0.05) is 12.1 Å². The number of hydrogen-bond donors (Lipinski definition) is 2. The highest BCUT2D eigenvalue weighted by atomic mass is 19.1. The predicted octanol–water partition coefficient (Wildman–Crippen LogP) is 5.69. The zero-order valence-corrected chi connectivity index (χ0v) is 21.9. The molecule has 2 unspecified atom stereocenters. The van der Waals surface area contributed by atoms with E-state index in [0.717, 1.165) is 25.7 Å². The first-order valence-electron chi connectivity index (χ1n) is 12.8. The maximum absolute atomic E-state index is 14.9. The van der Waals surface area contributed by atoms with Gasteiger partial charge in [0.15, 0.2) is 11.6 Å². The van der Waals surface area contributed by atoms with Gasteiger partial charge in [-0.3, -0.25) is 0 Å². The predicted molar refractivity (Wildman–Crippen MR) is 143 cm³/mol. The van der Waals surface area contributed by atoms with Crippen molar-refractivity contribution in [1.82, 2.24) is 29.4 Å². The van der Waals surface area contributed by atoms with E-state index in [1.165, 1.54) is 6.07 Å². The molecule has 0 aliphatic carbocycles. The first-order chi connectivity index (χ1) is 18.2. The fourth-order valence-electron chi connectivity index (χ4n) is 4.95. The SMILES string of the molecule is CCN1C=CC(C(O)c2ccc(Nc3ncc(F)c(-c4cc(F)c5nc(C)n(C(C)C)c5c4)n3)nc2)CC1. The van der Waals surface area contributed by atoms with Crippen molar-refractivity contribution in [3.05, 3.63) is 72.0 Å². The van der Waals surface area contributed by atoms with Crippen molar-refractivity contribution in [1.29, 1.82) is 0 Å². The molecule has 10 heteroatoms. The molecule has 1 aliphatic rings. The number of halogens is 2. The summed E-state index contributed by atoms with van der Waals surface area (Å²) in [6.07, 6.45) is 6.93. The van der Waals surface area contributed by atoms with Crippen LogP contribution in [0.2, 0.25) is 0 Å². The number of pyridine rings is 1. The molecule has 0 amide bonds. The largest absolute Gasteiger partial charge is 0.388 e. The normalized spacial score (nSPS) is 16.4. The van der Waals surface area contributed by atoms with E-state index in [1.54, 1.807) is 24.4 Å². The Morgan fingerprint density at radius 1 is 1.11 bits per heavy atom. The Labute approximate surface area is 220 Å². The molecule has 8 nitrogen and oxygen atoms in total. The average Bonchev–Trinajstić information content (AvgIpc) is 3.26. The quantitative estimate of drug-likeness (QED) is 0.324. The molecule has 0 spiro atoms. The van der Waals surface area contributed by atoms with E-state index >= 15 is 0 Å². The van der Waals surface area contributed by atoms with Gasteiger partial charge in [-0.2, -0.15) is 0 Å². The lowest BCUT2D eigenvalue weighted by molar-refractivity contribution is 0.115. The molecule has 4 aromatic rings. The Kier molecular flexibility index (Phi) is 7.07. The Hall–Kier alpha value is -3.92. The molecule has 0 saturated heterocycles. The van der Waals surface area contributed by atoms with Crippen LogP contribution in [0.5, 0.6) is 0 Å².